The van der Waals surface area contributed by atoms with E-state index in [2.05, 4.69) is 36.3 Å². The molecule has 2 aliphatic rings. The Morgan fingerprint density at radius 2 is 2.31 bits per heavy atom. The number of hydrogen-bond donors (Lipinski definition) is 1. The predicted octanol–water partition coefficient (Wildman–Crippen LogP) is 2.04. The van der Waals surface area contributed by atoms with Gasteiger partial charge in [-0.2, -0.15) is 0 Å². The molecule has 1 aromatic rings. The molecule has 3 nitrogen and oxygen atoms in total. The smallest absolute Gasteiger partial charge is 0.119 e. The maximum absolute atomic E-state index is 5.32. The molecule has 16 heavy (non-hydrogen) atoms. The highest BCUT2D eigenvalue weighted by Crippen LogP contribution is 2.48. The molecule has 2 atom stereocenters. The van der Waals surface area contributed by atoms with Crippen molar-refractivity contribution < 1.29 is 4.74 Å². The minimum absolute atomic E-state index is 0.235. The van der Waals surface area contributed by atoms with Crippen molar-refractivity contribution in [3.8, 4) is 5.75 Å². The van der Waals surface area contributed by atoms with Crippen molar-refractivity contribution >= 4 is 5.69 Å². The largest absolute Gasteiger partial charge is 0.497 e. The molecule has 0 amide bonds. The van der Waals surface area contributed by atoms with Crippen LogP contribution in [-0.4, -0.2) is 31.8 Å². The normalized spacial score (nSPS) is 32.1. The van der Waals surface area contributed by atoms with Gasteiger partial charge in [0.2, 0.25) is 0 Å². The first-order valence-electron chi connectivity index (χ1n) is 5.80. The molecule has 2 aliphatic heterocycles. The van der Waals surface area contributed by atoms with E-state index in [-0.39, 0.29) is 5.41 Å². The van der Waals surface area contributed by atoms with Crippen LogP contribution in [-0.2, 0) is 5.41 Å². The average Bonchev–Trinajstić information content (AvgIpc) is 2.74. The standard InChI is InChI=1S/C13H18N2O/c1-13-6-7-15(2)12(13)14-11-5-4-9(16-3)8-10(11)13/h4-5,8,12,14H,6-7H2,1-3H3/t12?,13-/m1/s1. The number of nitrogens with zero attached hydrogens (tertiary/aromatic N) is 1. The van der Waals surface area contributed by atoms with Gasteiger partial charge in [0.25, 0.3) is 0 Å². The molecule has 3 rings (SSSR count). The van der Waals surface area contributed by atoms with Crippen LogP contribution in [0.1, 0.15) is 18.9 Å². The van der Waals surface area contributed by atoms with Crippen LogP contribution >= 0.6 is 0 Å². The third-order valence-electron chi connectivity index (χ3n) is 4.16. The Hall–Kier alpha value is -1.22. The predicted molar refractivity (Wildman–Crippen MR) is 65.0 cm³/mol. The Morgan fingerprint density at radius 1 is 1.50 bits per heavy atom. The Bertz CT molecular complexity index is 432. The van der Waals surface area contributed by atoms with Crippen LogP contribution in [0.5, 0.6) is 5.75 Å². The Kier molecular flexibility index (Phi) is 1.96. The van der Waals surface area contributed by atoms with Gasteiger partial charge in [-0.1, -0.05) is 6.92 Å². The molecule has 0 bridgehead atoms. The maximum Gasteiger partial charge on any atom is 0.119 e. The van der Waals surface area contributed by atoms with Gasteiger partial charge in [0.05, 0.1) is 13.3 Å². The zero-order valence-electron chi connectivity index (χ0n) is 10.1. The summed E-state index contributed by atoms with van der Waals surface area (Å²) in [6.45, 7) is 3.50. The second-order valence-corrected chi connectivity index (χ2v) is 5.11. The number of nitrogens with one attached hydrogen (secondary N) is 1. The molecule has 0 radical (unpaired) electrons. The van der Waals surface area contributed by atoms with Gasteiger partial charge in [-0.05, 0) is 37.2 Å². The van der Waals surface area contributed by atoms with Gasteiger partial charge in [-0.15, -0.1) is 0 Å². The summed E-state index contributed by atoms with van der Waals surface area (Å²) in [6, 6.07) is 6.34. The summed E-state index contributed by atoms with van der Waals surface area (Å²) >= 11 is 0. The number of likely N-dealkylation sites (tertiary alicyclic amines) is 1. The number of benzene rings is 1. The van der Waals surface area contributed by atoms with E-state index >= 15 is 0 Å². The lowest BCUT2D eigenvalue weighted by Gasteiger charge is -2.27. The van der Waals surface area contributed by atoms with Crippen molar-refractivity contribution in [2.45, 2.75) is 24.9 Å². The summed E-state index contributed by atoms with van der Waals surface area (Å²) in [5, 5.41) is 3.61. The number of anilines is 1. The van der Waals surface area contributed by atoms with Gasteiger partial charge in [0, 0.05) is 17.6 Å². The summed E-state index contributed by atoms with van der Waals surface area (Å²) in [5.41, 5.74) is 2.90. The molecule has 0 spiro atoms. The van der Waals surface area contributed by atoms with Gasteiger partial charge in [0.1, 0.15) is 5.75 Å². The molecule has 2 heterocycles. The minimum Gasteiger partial charge on any atom is -0.497 e. The number of ether oxygens (including phenoxy) is 1. The third kappa shape index (κ3) is 1.12. The third-order valence-corrected chi connectivity index (χ3v) is 4.16. The van der Waals surface area contributed by atoms with Crippen molar-refractivity contribution in [2.24, 2.45) is 0 Å². The Morgan fingerprint density at radius 3 is 3.06 bits per heavy atom. The quantitative estimate of drug-likeness (QED) is 0.780. The molecule has 1 fully saturated rings. The Labute approximate surface area is 96.4 Å². The zero-order chi connectivity index (χ0) is 11.3. The summed E-state index contributed by atoms with van der Waals surface area (Å²) in [4.78, 5) is 2.40. The van der Waals surface area contributed by atoms with Crippen LogP contribution in [0.2, 0.25) is 0 Å². The molecular weight excluding hydrogens is 200 g/mol. The van der Waals surface area contributed by atoms with Crippen molar-refractivity contribution in [3.05, 3.63) is 23.8 Å². The van der Waals surface area contributed by atoms with E-state index in [1.807, 2.05) is 6.07 Å². The van der Waals surface area contributed by atoms with Crippen molar-refractivity contribution in [1.29, 1.82) is 0 Å². The van der Waals surface area contributed by atoms with Gasteiger partial charge in [-0.25, -0.2) is 0 Å². The topological polar surface area (TPSA) is 24.5 Å². The van der Waals surface area contributed by atoms with Crippen molar-refractivity contribution in [1.82, 2.24) is 4.90 Å². The molecule has 3 heteroatoms. The highest BCUT2D eigenvalue weighted by Gasteiger charge is 2.49. The van der Waals surface area contributed by atoms with E-state index in [9.17, 15) is 0 Å². The summed E-state index contributed by atoms with van der Waals surface area (Å²) in [7, 11) is 3.91. The van der Waals surface area contributed by atoms with Crippen molar-refractivity contribution in [3.63, 3.8) is 0 Å². The molecule has 1 unspecified atom stereocenters. The van der Waals surface area contributed by atoms with E-state index in [0.29, 0.717) is 6.17 Å². The molecule has 1 saturated heterocycles. The fourth-order valence-corrected chi connectivity index (χ4v) is 3.11. The fraction of sp³-hybridized carbons (Fsp3) is 0.538. The molecule has 0 aliphatic carbocycles. The highest BCUT2D eigenvalue weighted by atomic mass is 16.5. The lowest BCUT2D eigenvalue weighted by molar-refractivity contribution is 0.297. The summed E-state index contributed by atoms with van der Waals surface area (Å²) in [6.07, 6.45) is 1.65. The van der Waals surface area contributed by atoms with Crippen molar-refractivity contribution in [2.75, 3.05) is 26.0 Å². The van der Waals surface area contributed by atoms with E-state index < -0.39 is 0 Å². The van der Waals surface area contributed by atoms with Gasteiger partial charge >= 0.3 is 0 Å². The van der Waals surface area contributed by atoms with Gasteiger partial charge in [0.15, 0.2) is 0 Å². The second-order valence-electron chi connectivity index (χ2n) is 5.11. The maximum atomic E-state index is 5.32. The lowest BCUT2D eigenvalue weighted by atomic mass is 9.81. The van der Waals surface area contributed by atoms with E-state index in [4.69, 9.17) is 4.74 Å². The first kappa shape index (κ1) is 9.97. The number of likely N-dealkylation sites (N-methyl/N-ethyl adjacent to an activating group) is 1. The first-order chi connectivity index (χ1) is 7.65. The van der Waals surface area contributed by atoms with Crippen LogP contribution in [0.4, 0.5) is 5.69 Å². The summed E-state index contributed by atoms with van der Waals surface area (Å²) < 4.78 is 5.32. The zero-order valence-corrected chi connectivity index (χ0v) is 10.1. The van der Waals surface area contributed by atoms with Gasteiger partial charge in [-0.3, -0.25) is 4.90 Å². The summed E-state index contributed by atoms with van der Waals surface area (Å²) in [5.74, 6) is 0.956. The molecule has 1 aromatic carbocycles. The second kappa shape index (κ2) is 3.14. The number of hydrogen-bond acceptors (Lipinski definition) is 3. The van der Waals surface area contributed by atoms with E-state index in [1.54, 1.807) is 7.11 Å². The molecule has 86 valence electrons. The minimum atomic E-state index is 0.235. The van der Waals surface area contributed by atoms with Crippen LogP contribution in [0.15, 0.2) is 18.2 Å². The SMILES string of the molecule is COc1ccc2c(c1)[C@@]1(C)CCN(C)C1N2. The van der Waals surface area contributed by atoms with Gasteiger partial charge < -0.3 is 10.1 Å². The fourth-order valence-electron chi connectivity index (χ4n) is 3.11. The Balaban J connectivity index is 2.09. The molecule has 1 N–H and O–H groups in total. The monoisotopic (exact) mass is 218 g/mol. The van der Waals surface area contributed by atoms with Crippen LogP contribution in [0.3, 0.4) is 0 Å². The lowest BCUT2D eigenvalue weighted by Crippen LogP contribution is -2.39. The number of methoxy groups -OCH3 is 1. The van der Waals surface area contributed by atoms with Crippen LogP contribution < -0.4 is 10.1 Å². The van der Waals surface area contributed by atoms with Crippen LogP contribution in [0, 0.1) is 0 Å². The van der Waals surface area contributed by atoms with E-state index in [0.717, 1.165) is 12.3 Å². The molecule has 0 saturated carbocycles. The number of fused-ring (bicyclic) bond motifs is 3. The first-order valence-corrected chi connectivity index (χ1v) is 5.80. The number of rotatable bonds is 1. The van der Waals surface area contributed by atoms with Crippen LogP contribution in [0.25, 0.3) is 0 Å². The molecule has 0 aromatic heterocycles. The highest BCUT2D eigenvalue weighted by molar-refractivity contribution is 5.64. The molecular formula is C13H18N2O. The van der Waals surface area contributed by atoms with E-state index in [1.165, 1.54) is 17.7 Å². The average molecular weight is 218 g/mol.